The van der Waals surface area contributed by atoms with Gasteiger partial charge in [-0.1, -0.05) is 18.2 Å². The van der Waals surface area contributed by atoms with Gasteiger partial charge in [0.25, 0.3) is 5.56 Å². The fourth-order valence-corrected chi connectivity index (χ4v) is 3.54. The van der Waals surface area contributed by atoms with E-state index < -0.39 is 11.4 Å². The van der Waals surface area contributed by atoms with Gasteiger partial charge in [-0.25, -0.2) is 9.37 Å². The van der Waals surface area contributed by atoms with Crippen LogP contribution in [0.1, 0.15) is 25.5 Å². The Kier molecular flexibility index (Phi) is 2.93. The second-order valence-electron chi connectivity index (χ2n) is 7.38. The lowest BCUT2D eigenvalue weighted by Gasteiger charge is -2.11. The summed E-state index contributed by atoms with van der Waals surface area (Å²) in [6.45, 7) is 2.24. The molecule has 0 amide bonds. The van der Waals surface area contributed by atoms with Crippen LogP contribution in [0.4, 0.5) is 4.39 Å². The van der Waals surface area contributed by atoms with Crippen LogP contribution in [-0.4, -0.2) is 28.9 Å². The number of aryl methyl sites for hydroxylation is 1. The van der Waals surface area contributed by atoms with Crippen molar-refractivity contribution in [1.29, 1.82) is 0 Å². The first-order chi connectivity index (χ1) is 12.5. The number of hydrogen-bond donors (Lipinski definition) is 0. The monoisotopic (exact) mass is 352 g/mol. The van der Waals surface area contributed by atoms with Crippen molar-refractivity contribution in [3.05, 3.63) is 52.6 Å². The zero-order chi connectivity index (χ0) is 18.1. The van der Waals surface area contributed by atoms with Crippen LogP contribution in [0, 0.1) is 11.2 Å². The van der Waals surface area contributed by atoms with Crippen LogP contribution in [0.5, 0.6) is 0 Å². The largest absolute Gasteiger partial charge is 0.294 e. The van der Waals surface area contributed by atoms with Crippen LogP contribution in [0.15, 0.2) is 35.5 Å². The molecule has 1 aromatic carbocycles. The van der Waals surface area contributed by atoms with E-state index in [2.05, 4.69) is 22.2 Å². The molecule has 132 valence electrons. The van der Waals surface area contributed by atoms with Crippen LogP contribution in [0.3, 0.4) is 0 Å². The second-order valence-corrected chi connectivity index (χ2v) is 7.38. The number of fused-ring (bicyclic) bond motifs is 3. The van der Waals surface area contributed by atoms with Crippen LogP contribution < -0.4 is 5.56 Å². The number of benzene rings is 1. The van der Waals surface area contributed by atoms with Crippen LogP contribution in [0.2, 0.25) is 0 Å². The van der Waals surface area contributed by atoms with Crippen molar-refractivity contribution in [3.63, 3.8) is 0 Å². The second kappa shape index (κ2) is 5.00. The number of nitrogens with zero attached hydrogens (tertiary/aromatic N) is 6. The summed E-state index contributed by atoms with van der Waals surface area (Å²) in [5.41, 5.74) is 1.88. The summed E-state index contributed by atoms with van der Waals surface area (Å²) in [5.74, 6) is -0.0177. The normalized spacial score (nSPS) is 15.8. The highest BCUT2D eigenvalue weighted by Gasteiger charge is 2.38. The summed E-state index contributed by atoms with van der Waals surface area (Å²) in [5, 5.41) is 8.28. The molecule has 0 bridgehead atoms. The molecule has 26 heavy (non-hydrogen) atoms. The lowest BCUT2D eigenvalue weighted by atomic mass is 10.0. The first kappa shape index (κ1) is 15.2. The fourth-order valence-electron chi connectivity index (χ4n) is 3.54. The number of imidazole rings is 1. The van der Waals surface area contributed by atoms with E-state index in [4.69, 9.17) is 0 Å². The Hall–Kier alpha value is -3.03. The number of rotatable bonds is 3. The zero-order valence-electron chi connectivity index (χ0n) is 14.5. The molecule has 3 heterocycles. The molecule has 0 radical (unpaired) electrons. The predicted octanol–water partition coefficient (Wildman–Crippen LogP) is 2.25. The topological polar surface area (TPSA) is 70.0 Å². The highest BCUT2D eigenvalue weighted by atomic mass is 19.1. The van der Waals surface area contributed by atoms with Gasteiger partial charge >= 0.3 is 0 Å². The molecule has 1 aliphatic rings. The lowest BCUT2D eigenvalue weighted by molar-refractivity contribution is 0.547. The van der Waals surface area contributed by atoms with Crippen molar-refractivity contribution >= 4 is 16.6 Å². The Bertz CT molecular complexity index is 1230. The summed E-state index contributed by atoms with van der Waals surface area (Å²) >= 11 is 0. The maximum Gasteiger partial charge on any atom is 0.264 e. The number of hydrogen-bond acceptors (Lipinski definition) is 4. The Labute approximate surface area is 147 Å². The molecule has 3 aromatic heterocycles. The van der Waals surface area contributed by atoms with Crippen molar-refractivity contribution in [2.45, 2.75) is 26.2 Å². The van der Waals surface area contributed by atoms with E-state index in [9.17, 15) is 9.18 Å². The molecule has 0 spiro atoms. The summed E-state index contributed by atoms with van der Waals surface area (Å²) < 4.78 is 19.0. The molecule has 0 aliphatic heterocycles. The van der Waals surface area contributed by atoms with Crippen LogP contribution in [-0.2, 0) is 13.5 Å². The first-order valence-electron chi connectivity index (χ1n) is 8.53. The van der Waals surface area contributed by atoms with Crippen molar-refractivity contribution in [2.75, 3.05) is 0 Å². The van der Waals surface area contributed by atoms with Gasteiger partial charge in [-0.05, 0) is 36.8 Å². The predicted molar refractivity (Wildman–Crippen MR) is 93.9 cm³/mol. The molecule has 1 fully saturated rings. The molecule has 1 saturated carbocycles. The van der Waals surface area contributed by atoms with Crippen molar-refractivity contribution in [3.8, 4) is 5.82 Å². The molecule has 7 nitrogen and oxygen atoms in total. The van der Waals surface area contributed by atoms with Gasteiger partial charge in [0.1, 0.15) is 12.1 Å². The summed E-state index contributed by atoms with van der Waals surface area (Å²) in [6.07, 6.45) is 6.56. The fraction of sp³-hybridized carbons (Fsp3) is 0.333. The smallest absolute Gasteiger partial charge is 0.264 e. The quantitative estimate of drug-likeness (QED) is 0.567. The molecule has 0 N–H and O–H groups in total. The Morgan fingerprint density at radius 3 is 2.88 bits per heavy atom. The standard InChI is InChI=1S/C18H17FN6O/c1-18(6-7-18)8-11-9-21-22-25(11)15-16-23(2)17(26)14-12(19)4-3-5-13(14)24(16)10-20-15/h3-5,9-10H,6-8H2,1-2H3. The Balaban J connectivity index is 1.80. The minimum absolute atomic E-state index is 0.0516. The first-order valence-corrected chi connectivity index (χ1v) is 8.53. The molecule has 0 saturated heterocycles. The number of aromatic nitrogens is 6. The van der Waals surface area contributed by atoms with Gasteiger partial charge in [0.05, 0.1) is 22.8 Å². The molecule has 1 aliphatic carbocycles. The highest BCUT2D eigenvalue weighted by Crippen LogP contribution is 2.47. The van der Waals surface area contributed by atoms with Crippen molar-refractivity contribution in [2.24, 2.45) is 12.5 Å². The molecule has 0 atom stereocenters. The van der Waals surface area contributed by atoms with E-state index in [0.29, 0.717) is 17.0 Å². The van der Waals surface area contributed by atoms with Gasteiger partial charge in [0, 0.05) is 7.05 Å². The maximum absolute atomic E-state index is 14.2. The van der Waals surface area contributed by atoms with E-state index in [1.165, 1.54) is 23.5 Å². The Morgan fingerprint density at radius 1 is 1.31 bits per heavy atom. The van der Waals surface area contributed by atoms with Crippen LogP contribution >= 0.6 is 0 Å². The van der Waals surface area contributed by atoms with Gasteiger partial charge in [-0.3, -0.25) is 13.8 Å². The van der Waals surface area contributed by atoms with Gasteiger partial charge in [-0.2, -0.15) is 4.68 Å². The van der Waals surface area contributed by atoms with Crippen molar-refractivity contribution in [1.82, 2.24) is 28.9 Å². The van der Waals surface area contributed by atoms with E-state index in [0.717, 1.165) is 12.1 Å². The van der Waals surface area contributed by atoms with Crippen LogP contribution in [0.25, 0.3) is 22.4 Å². The average Bonchev–Trinajstić information content (AvgIpc) is 3.00. The zero-order valence-corrected chi connectivity index (χ0v) is 14.5. The molecular weight excluding hydrogens is 335 g/mol. The molecular formula is C18H17FN6O. The Morgan fingerprint density at radius 2 is 2.12 bits per heavy atom. The third-order valence-corrected chi connectivity index (χ3v) is 5.34. The molecule has 8 heteroatoms. The van der Waals surface area contributed by atoms with E-state index in [1.807, 2.05) is 0 Å². The highest BCUT2D eigenvalue weighted by molar-refractivity contribution is 5.82. The lowest BCUT2D eigenvalue weighted by Crippen LogP contribution is -2.21. The summed E-state index contributed by atoms with van der Waals surface area (Å²) in [6, 6.07) is 4.59. The van der Waals surface area contributed by atoms with Gasteiger partial charge in [0.2, 0.25) is 0 Å². The molecule has 4 aromatic rings. The van der Waals surface area contributed by atoms with E-state index in [-0.39, 0.29) is 10.8 Å². The third-order valence-electron chi connectivity index (χ3n) is 5.34. The SMILES string of the molecule is Cn1c(=O)c2c(F)cccc2n2cnc(-n3nncc3CC3(C)CC3)c12. The average molecular weight is 352 g/mol. The van der Waals surface area contributed by atoms with Gasteiger partial charge in [0.15, 0.2) is 11.5 Å². The summed E-state index contributed by atoms with van der Waals surface area (Å²) in [4.78, 5) is 17.2. The molecule has 0 unspecified atom stereocenters. The van der Waals surface area contributed by atoms with E-state index >= 15 is 0 Å². The molecule has 5 rings (SSSR count). The van der Waals surface area contributed by atoms with Crippen molar-refractivity contribution < 1.29 is 4.39 Å². The minimum Gasteiger partial charge on any atom is -0.294 e. The third kappa shape index (κ3) is 2.04. The van der Waals surface area contributed by atoms with Gasteiger partial charge < -0.3 is 0 Å². The van der Waals surface area contributed by atoms with Gasteiger partial charge in [-0.15, -0.1) is 5.10 Å². The maximum atomic E-state index is 14.2. The minimum atomic E-state index is -0.539. The summed E-state index contributed by atoms with van der Waals surface area (Å²) in [7, 11) is 1.62. The number of halogens is 1. The van der Waals surface area contributed by atoms with E-state index in [1.54, 1.807) is 40.8 Å².